The van der Waals surface area contributed by atoms with Crippen LogP contribution in [0.3, 0.4) is 0 Å². The topological polar surface area (TPSA) is 21.7 Å². The third-order valence-corrected chi connectivity index (χ3v) is 9.33. The van der Waals surface area contributed by atoms with Crippen LogP contribution in [0.5, 0.6) is 0 Å². The molecule has 0 aromatic heterocycles. The van der Waals surface area contributed by atoms with Gasteiger partial charge in [0.1, 0.15) is 0 Å². The highest BCUT2D eigenvalue weighted by Crippen LogP contribution is 2.37. The molecule has 0 amide bonds. The third-order valence-electron chi connectivity index (χ3n) is 9.33. The van der Waals surface area contributed by atoms with Crippen molar-refractivity contribution in [2.24, 2.45) is 0 Å². The summed E-state index contributed by atoms with van der Waals surface area (Å²) < 4.78 is 13.3. The van der Waals surface area contributed by atoms with Gasteiger partial charge in [0.2, 0.25) is 0 Å². The number of ether oxygens (including phenoxy) is 2. The van der Waals surface area contributed by atoms with E-state index in [-0.39, 0.29) is 12.2 Å². The molecule has 3 nitrogen and oxygen atoms in total. The van der Waals surface area contributed by atoms with Gasteiger partial charge in [-0.25, -0.2) is 0 Å². The number of hydrogen-bond donors (Lipinski definition) is 0. The molecule has 46 heavy (non-hydrogen) atoms. The molecule has 0 aromatic carbocycles. The van der Waals surface area contributed by atoms with Gasteiger partial charge < -0.3 is 14.4 Å². The van der Waals surface area contributed by atoms with E-state index < -0.39 is 5.79 Å². The lowest BCUT2D eigenvalue weighted by Gasteiger charge is -2.24. The van der Waals surface area contributed by atoms with Crippen molar-refractivity contribution in [2.75, 3.05) is 20.6 Å². The largest absolute Gasteiger partial charge is 0.344 e. The first kappa shape index (κ1) is 42.9. The Morgan fingerprint density at radius 3 is 1.24 bits per heavy atom. The minimum absolute atomic E-state index is 0.271. The van der Waals surface area contributed by atoms with E-state index in [0.717, 1.165) is 45.1 Å². The van der Waals surface area contributed by atoms with Crippen LogP contribution in [-0.4, -0.2) is 43.5 Å². The fourth-order valence-corrected chi connectivity index (χ4v) is 6.46. The minimum Gasteiger partial charge on any atom is -0.344 e. The fourth-order valence-electron chi connectivity index (χ4n) is 6.46. The van der Waals surface area contributed by atoms with Gasteiger partial charge in [-0.1, -0.05) is 140 Å². The van der Waals surface area contributed by atoms with Gasteiger partial charge in [-0.3, -0.25) is 0 Å². The van der Waals surface area contributed by atoms with Crippen LogP contribution in [0.25, 0.3) is 0 Å². The maximum absolute atomic E-state index is 6.67. The second-order valence-electron chi connectivity index (χ2n) is 14.4. The van der Waals surface area contributed by atoms with Crippen molar-refractivity contribution in [3.05, 3.63) is 48.6 Å². The van der Waals surface area contributed by atoms with Crippen molar-refractivity contribution >= 4 is 0 Å². The summed E-state index contributed by atoms with van der Waals surface area (Å²) in [6.07, 6.45) is 52.1. The Bertz CT molecular complexity index is 713. The quantitative estimate of drug-likeness (QED) is 0.0539. The third kappa shape index (κ3) is 25.9. The molecule has 0 spiro atoms. The molecule has 1 fully saturated rings. The zero-order valence-electron chi connectivity index (χ0n) is 31.6. The molecule has 1 rings (SSSR count). The number of rotatable bonds is 32. The normalized spacial score (nSPS) is 20.7. The average Bonchev–Trinajstić information content (AvgIpc) is 3.35. The summed E-state index contributed by atoms with van der Waals surface area (Å²) in [5.41, 5.74) is 0. The first-order valence-corrected chi connectivity index (χ1v) is 20.1. The van der Waals surface area contributed by atoms with Crippen molar-refractivity contribution in [1.29, 1.82) is 0 Å². The monoisotopic (exact) mass is 642 g/mol. The van der Waals surface area contributed by atoms with Crippen molar-refractivity contribution in [3.63, 3.8) is 0 Å². The van der Waals surface area contributed by atoms with Crippen LogP contribution in [0.15, 0.2) is 48.6 Å². The smallest absolute Gasteiger partial charge is 0.166 e. The Balaban J connectivity index is 2.23. The Kier molecular flexibility index (Phi) is 29.0. The van der Waals surface area contributed by atoms with Gasteiger partial charge >= 0.3 is 0 Å². The summed E-state index contributed by atoms with van der Waals surface area (Å²) in [6.45, 7) is 7.82. The number of unbranched alkanes of at least 4 members (excludes halogenated alkanes) is 16. The molecule has 268 valence electrons. The van der Waals surface area contributed by atoms with Crippen LogP contribution in [-0.2, 0) is 9.47 Å². The van der Waals surface area contributed by atoms with Crippen molar-refractivity contribution < 1.29 is 9.47 Å². The average molecular weight is 642 g/mol. The van der Waals surface area contributed by atoms with E-state index in [1.807, 2.05) is 0 Å². The molecular weight excluding hydrogens is 562 g/mol. The summed E-state index contributed by atoms with van der Waals surface area (Å²) >= 11 is 0. The van der Waals surface area contributed by atoms with Crippen LogP contribution in [0.1, 0.15) is 188 Å². The summed E-state index contributed by atoms with van der Waals surface area (Å²) in [7, 11) is 4.30. The van der Waals surface area contributed by atoms with E-state index in [9.17, 15) is 0 Å². The summed E-state index contributed by atoms with van der Waals surface area (Å²) in [4.78, 5) is 2.26. The first-order chi connectivity index (χ1) is 22.5. The standard InChI is InChI=1S/C43H79NO2/c1-6-8-10-12-14-16-18-20-22-24-26-28-30-32-34-37-41-42(46-43(3,45-41)39-36-40-44(4)5)38-35-33-31-29-27-25-23-21-19-17-15-13-11-9-7-2/h14-17,20-23,41-42H,6-13,18-19,24-40H2,1-5H3/b16-14-,17-15-,22-20-,23-21-. The summed E-state index contributed by atoms with van der Waals surface area (Å²) in [5, 5.41) is 0. The lowest BCUT2D eigenvalue weighted by Crippen LogP contribution is -2.28. The van der Waals surface area contributed by atoms with E-state index in [1.165, 1.54) is 128 Å². The van der Waals surface area contributed by atoms with E-state index in [2.05, 4.69) is 88.4 Å². The van der Waals surface area contributed by atoms with Gasteiger partial charge in [0.25, 0.3) is 0 Å². The molecule has 0 bridgehead atoms. The van der Waals surface area contributed by atoms with Crippen molar-refractivity contribution in [2.45, 2.75) is 206 Å². The molecule has 1 aliphatic rings. The maximum atomic E-state index is 6.67. The molecule has 1 saturated heterocycles. The number of allylic oxidation sites excluding steroid dienone is 8. The van der Waals surface area contributed by atoms with Gasteiger partial charge in [0.05, 0.1) is 12.2 Å². The Morgan fingerprint density at radius 1 is 0.478 bits per heavy atom. The Labute approximate surface area is 288 Å². The molecule has 2 atom stereocenters. The van der Waals surface area contributed by atoms with Crippen molar-refractivity contribution in [1.82, 2.24) is 4.90 Å². The second kappa shape index (κ2) is 31.1. The predicted octanol–water partition coefficient (Wildman–Crippen LogP) is 13.5. The maximum Gasteiger partial charge on any atom is 0.166 e. The highest BCUT2D eigenvalue weighted by Gasteiger charge is 2.43. The highest BCUT2D eigenvalue weighted by molar-refractivity contribution is 4.93. The van der Waals surface area contributed by atoms with E-state index >= 15 is 0 Å². The van der Waals surface area contributed by atoms with E-state index in [0.29, 0.717) is 0 Å². The second-order valence-corrected chi connectivity index (χ2v) is 14.4. The zero-order valence-corrected chi connectivity index (χ0v) is 31.6. The van der Waals surface area contributed by atoms with E-state index in [1.54, 1.807) is 0 Å². The lowest BCUT2D eigenvalue weighted by molar-refractivity contribution is -0.167. The molecule has 0 radical (unpaired) electrons. The SMILES string of the molecule is CCCCC/C=C\C/C=C\CCCCCCCC1OC(C)(CCCN(C)C)OC1CCCCCCC/C=C\C/C=C\CCCCC. The summed E-state index contributed by atoms with van der Waals surface area (Å²) in [5.74, 6) is -0.403. The van der Waals surface area contributed by atoms with Crippen molar-refractivity contribution in [3.8, 4) is 0 Å². The van der Waals surface area contributed by atoms with Crippen LogP contribution < -0.4 is 0 Å². The molecule has 0 aliphatic carbocycles. The minimum atomic E-state index is -0.403. The van der Waals surface area contributed by atoms with Crippen LogP contribution >= 0.6 is 0 Å². The van der Waals surface area contributed by atoms with Crippen LogP contribution in [0, 0.1) is 0 Å². The molecule has 0 N–H and O–H groups in total. The molecule has 2 unspecified atom stereocenters. The highest BCUT2D eigenvalue weighted by atomic mass is 16.8. The zero-order chi connectivity index (χ0) is 33.4. The lowest BCUT2D eigenvalue weighted by atomic mass is 9.99. The van der Waals surface area contributed by atoms with Gasteiger partial charge in [-0.2, -0.15) is 0 Å². The molecule has 1 aliphatic heterocycles. The Morgan fingerprint density at radius 2 is 0.848 bits per heavy atom. The molecule has 0 aromatic rings. The van der Waals surface area contributed by atoms with Gasteiger partial charge in [0, 0.05) is 6.42 Å². The fraction of sp³-hybridized carbons (Fsp3) is 0.814. The van der Waals surface area contributed by atoms with E-state index in [4.69, 9.17) is 9.47 Å². The van der Waals surface area contributed by atoms with Gasteiger partial charge in [0.15, 0.2) is 5.79 Å². The number of hydrogen-bond acceptors (Lipinski definition) is 3. The predicted molar refractivity (Wildman–Crippen MR) is 205 cm³/mol. The molecule has 0 saturated carbocycles. The molecule has 3 heteroatoms. The summed E-state index contributed by atoms with van der Waals surface area (Å²) in [6, 6.07) is 0. The van der Waals surface area contributed by atoms with Gasteiger partial charge in [-0.15, -0.1) is 0 Å². The first-order valence-electron chi connectivity index (χ1n) is 20.1. The molecular formula is C43H79NO2. The Hall–Kier alpha value is -1.16. The van der Waals surface area contributed by atoms with Gasteiger partial charge in [-0.05, 0) is 111 Å². The van der Waals surface area contributed by atoms with Crippen LogP contribution in [0.4, 0.5) is 0 Å². The molecule has 1 heterocycles. The number of nitrogens with zero attached hydrogens (tertiary/aromatic N) is 1. The van der Waals surface area contributed by atoms with Crippen LogP contribution in [0.2, 0.25) is 0 Å².